The van der Waals surface area contributed by atoms with E-state index < -0.39 is 0 Å². The molecule has 6 heteroatoms. The zero-order valence-corrected chi connectivity index (χ0v) is 15.5. The fourth-order valence-electron chi connectivity index (χ4n) is 2.86. The zero-order valence-electron chi connectivity index (χ0n) is 14.7. The number of benzene rings is 2. The summed E-state index contributed by atoms with van der Waals surface area (Å²) in [6, 6.07) is 14.8. The zero-order chi connectivity index (χ0) is 18.5. The van der Waals surface area contributed by atoms with Gasteiger partial charge in [0.1, 0.15) is 5.75 Å². The molecule has 1 aromatic heterocycles. The van der Waals surface area contributed by atoms with Gasteiger partial charge in [-0.15, -0.1) is 0 Å². The number of anilines is 2. The number of methoxy groups -OCH3 is 1. The Labute approximate surface area is 157 Å². The van der Waals surface area contributed by atoms with Crippen molar-refractivity contribution in [1.29, 1.82) is 0 Å². The van der Waals surface area contributed by atoms with Crippen LogP contribution >= 0.6 is 11.6 Å². The smallest absolute Gasteiger partial charge is 0.243 e. The predicted octanol–water partition coefficient (Wildman–Crippen LogP) is 4.36. The van der Waals surface area contributed by atoms with Gasteiger partial charge in [-0.2, -0.15) is 0 Å². The van der Waals surface area contributed by atoms with Crippen molar-refractivity contribution in [2.75, 3.05) is 30.4 Å². The van der Waals surface area contributed by atoms with Gasteiger partial charge in [0.25, 0.3) is 0 Å². The summed E-state index contributed by atoms with van der Waals surface area (Å²) >= 11 is 6.06. The normalized spacial score (nSPS) is 10.6. The lowest BCUT2D eigenvalue weighted by molar-refractivity contribution is -0.115. The summed E-state index contributed by atoms with van der Waals surface area (Å²) in [4.78, 5) is 18.9. The van der Waals surface area contributed by atoms with Crippen molar-refractivity contribution in [3.05, 3.63) is 59.8 Å². The number of fused-ring (bicyclic) bond motifs is 1. The van der Waals surface area contributed by atoms with Crippen molar-refractivity contribution in [3.63, 3.8) is 0 Å². The standard InChI is InChI=1S/C20H20ClN3O2/c1-3-24(13-20(25)23-16-6-4-5-7-19(16)26-2)18-10-11-22-17-12-14(21)8-9-15(17)18/h4-12H,3,13H2,1-2H3,(H,23,25). The minimum atomic E-state index is -0.115. The molecule has 1 amide bonds. The Kier molecular flexibility index (Phi) is 5.58. The van der Waals surface area contributed by atoms with Crippen LogP contribution in [-0.2, 0) is 4.79 Å². The van der Waals surface area contributed by atoms with Gasteiger partial charge in [0.2, 0.25) is 5.91 Å². The number of carbonyl (C=O) groups is 1. The van der Waals surface area contributed by atoms with Gasteiger partial charge in [-0.25, -0.2) is 0 Å². The Hall–Kier alpha value is -2.79. The van der Waals surface area contributed by atoms with Crippen LogP contribution in [0.15, 0.2) is 54.7 Å². The highest BCUT2D eigenvalue weighted by atomic mass is 35.5. The number of hydrogen-bond acceptors (Lipinski definition) is 4. The van der Waals surface area contributed by atoms with Gasteiger partial charge in [-0.1, -0.05) is 23.7 Å². The first kappa shape index (κ1) is 18.0. The summed E-state index contributed by atoms with van der Waals surface area (Å²) in [6.45, 7) is 2.91. The number of hydrogen-bond donors (Lipinski definition) is 1. The SMILES string of the molecule is CCN(CC(=O)Nc1ccccc1OC)c1ccnc2cc(Cl)ccc12. The van der Waals surface area contributed by atoms with E-state index in [1.807, 2.05) is 60.4 Å². The number of para-hydroxylation sites is 2. The molecule has 26 heavy (non-hydrogen) atoms. The summed E-state index contributed by atoms with van der Waals surface area (Å²) in [6.07, 6.45) is 1.73. The number of aromatic nitrogens is 1. The third kappa shape index (κ3) is 3.89. The topological polar surface area (TPSA) is 54.5 Å². The second-order valence-corrected chi connectivity index (χ2v) is 6.19. The molecule has 0 aliphatic carbocycles. The second-order valence-electron chi connectivity index (χ2n) is 5.75. The average molecular weight is 370 g/mol. The minimum absolute atomic E-state index is 0.115. The molecule has 3 aromatic rings. The van der Waals surface area contributed by atoms with Gasteiger partial charge in [0, 0.05) is 28.8 Å². The molecule has 0 spiro atoms. The molecule has 0 atom stereocenters. The first-order chi connectivity index (χ1) is 12.6. The molecule has 134 valence electrons. The van der Waals surface area contributed by atoms with Crippen molar-refractivity contribution < 1.29 is 9.53 Å². The van der Waals surface area contributed by atoms with Gasteiger partial charge < -0.3 is 15.0 Å². The number of nitrogens with one attached hydrogen (secondary N) is 1. The Bertz CT molecular complexity index is 930. The van der Waals surface area contributed by atoms with E-state index in [1.54, 1.807) is 13.3 Å². The monoisotopic (exact) mass is 369 g/mol. The number of nitrogens with zero attached hydrogens (tertiary/aromatic N) is 2. The highest BCUT2D eigenvalue weighted by molar-refractivity contribution is 6.31. The largest absolute Gasteiger partial charge is 0.495 e. The van der Waals surface area contributed by atoms with E-state index >= 15 is 0 Å². The van der Waals surface area contributed by atoms with E-state index in [9.17, 15) is 4.79 Å². The van der Waals surface area contributed by atoms with Crippen molar-refractivity contribution >= 4 is 39.8 Å². The summed E-state index contributed by atoms with van der Waals surface area (Å²) in [5, 5.41) is 4.51. The number of halogens is 1. The third-order valence-corrected chi connectivity index (χ3v) is 4.35. The van der Waals surface area contributed by atoms with Crippen molar-refractivity contribution in [1.82, 2.24) is 4.98 Å². The molecular formula is C20H20ClN3O2. The van der Waals surface area contributed by atoms with Gasteiger partial charge in [-0.05, 0) is 43.3 Å². The van der Waals surface area contributed by atoms with E-state index in [1.165, 1.54) is 0 Å². The lowest BCUT2D eigenvalue weighted by Gasteiger charge is -2.24. The van der Waals surface area contributed by atoms with E-state index in [-0.39, 0.29) is 12.5 Å². The molecule has 0 aliphatic rings. The minimum Gasteiger partial charge on any atom is -0.495 e. The van der Waals surface area contributed by atoms with Crippen molar-refractivity contribution in [2.24, 2.45) is 0 Å². The van der Waals surface area contributed by atoms with Crippen LogP contribution in [0, 0.1) is 0 Å². The highest BCUT2D eigenvalue weighted by Gasteiger charge is 2.14. The molecule has 0 bridgehead atoms. The van der Waals surface area contributed by atoms with Gasteiger partial charge in [0.05, 0.1) is 24.9 Å². The van der Waals surface area contributed by atoms with E-state index in [2.05, 4.69) is 10.3 Å². The Balaban J connectivity index is 1.83. The van der Waals surface area contributed by atoms with Crippen LogP contribution in [0.1, 0.15) is 6.92 Å². The summed E-state index contributed by atoms with van der Waals surface area (Å²) in [7, 11) is 1.58. The molecule has 3 rings (SSSR count). The summed E-state index contributed by atoms with van der Waals surface area (Å²) in [5.41, 5.74) is 2.41. The molecule has 0 saturated heterocycles. The Morgan fingerprint density at radius 3 is 2.81 bits per heavy atom. The molecular weight excluding hydrogens is 350 g/mol. The molecule has 0 saturated carbocycles. The van der Waals surface area contributed by atoms with Crippen LogP contribution in [0.2, 0.25) is 5.02 Å². The molecule has 0 unspecified atom stereocenters. The summed E-state index contributed by atoms with van der Waals surface area (Å²) < 4.78 is 5.28. The number of ether oxygens (including phenoxy) is 1. The van der Waals surface area contributed by atoms with E-state index in [0.29, 0.717) is 23.0 Å². The summed E-state index contributed by atoms with van der Waals surface area (Å²) in [5.74, 6) is 0.517. The maximum Gasteiger partial charge on any atom is 0.243 e. The van der Waals surface area contributed by atoms with Gasteiger partial charge in [-0.3, -0.25) is 9.78 Å². The quantitative estimate of drug-likeness (QED) is 0.701. The van der Waals surface area contributed by atoms with Crippen LogP contribution in [0.3, 0.4) is 0 Å². The fourth-order valence-corrected chi connectivity index (χ4v) is 3.03. The maximum atomic E-state index is 12.6. The second kappa shape index (κ2) is 8.06. The third-order valence-electron chi connectivity index (χ3n) is 4.12. The molecule has 0 fully saturated rings. The maximum absolute atomic E-state index is 12.6. The van der Waals surface area contributed by atoms with Crippen LogP contribution in [0.4, 0.5) is 11.4 Å². The lowest BCUT2D eigenvalue weighted by atomic mass is 10.1. The van der Waals surface area contributed by atoms with Crippen LogP contribution in [-0.4, -0.2) is 31.1 Å². The Morgan fingerprint density at radius 1 is 1.23 bits per heavy atom. The molecule has 1 N–H and O–H groups in total. The fraction of sp³-hybridized carbons (Fsp3) is 0.200. The van der Waals surface area contributed by atoms with Gasteiger partial charge >= 0.3 is 0 Å². The molecule has 2 aromatic carbocycles. The first-order valence-electron chi connectivity index (χ1n) is 8.34. The van der Waals surface area contributed by atoms with Gasteiger partial charge in [0.15, 0.2) is 0 Å². The number of carbonyl (C=O) groups excluding carboxylic acids is 1. The first-order valence-corrected chi connectivity index (χ1v) is 8.72. The molecule has 1 heterocycles. The number of rotatable bonds is 6. The van der Waals surface area contributed by atoms with Crippen molar-refractivity contribution in [2.45, 2.75) is 6.92 Å². The lowest BCUT2D eigenvalue weighted by Crippen LogP contribution is -2.33. The molecule has 5 nitrogen and oxygen atoms in total. The van der Waals surface area contributed by atoms with Crippen molar-refractivity contribution in [3.8, 4) is 5.75 Å². The number of pyridine rings is 1. The predicted molar refractivity (Wildman–Crippen MR) is 106 cm³/mol. The van der Waals surface area contributed by atoms with E-state index in [0.717, 1.165) is 16.6 Å². The number of likely N-dealkylation sites (N-methyl/N-ethyl adjacent to an activating group) is 1. The highest BCUT2D eigenvalue weighted by Crippen LogP contribution is 2.28. The average Bonchev–Trinajstić information content (AvgIpc) is 2.66. The van der Waals surface area contributed by atoms with Crippen LogP contribution in [0.25, 0.3) is 10.9 Å². The molecule has 0 radical (unpaired) electrons. The number of amides is 1. The van der Waals surface area contributed by atoms with E-state index in [4.69, 9.17) is 16.3 Å². The molecule has 0 aliphatic heterocycles. The Morgan fingerprint density at radius 2 is 2.04 bits per heavy atom. The van der Waals surface area contributed by atoms with Crippen LogP contribution in [0.5, 0.6) is 5.75 Å². The van der Waals surface area contributed by atoms with Crippen LogP contribution < -0.4 is 15.0 Å².